The summed E-state index contributed by atoms with van der Waals surface area (Å²) < 4.78 is 0.979. The number of aliphatic hydroxyl groups is 1. The highest BCUT2D eigenvalue weighted by Gasteiger charge is 2.29. The zero-order chi connectivity index (χ0) is 15.9. The highest BCUT2D eigenvalue weighted by molar-refractivity contribution is 9.10. The molecule has 1 aliphatic rings. The first-order valence-corrected chi connectivity index (χ1v) is 8.03. The van der Waals surface area contributed by atoms with Crippen molar-refractivity contribution in [2.24, 2.45) is 0 Å². The van der Waals surface area contributed by atoms with Gasteiger partial charge < -0.3 is 20.6 Å². The topological polar surface area (TPSA) is 81.7 Å². The Morgan fingerprint density at radius 2 is 2.32 bits per heavy atom. The third kappa shape index (κ3) is 4.79. The van der Waals surface area contributed by atoms with E-state index in [4.69, 9.17) is 5.11 Å². The number of nitrogens with one attached hydrogen (secondary N) is 2. The van der Waals surface area contributed by atoms with Gasteiger partial charge in [0.25, 0.3) is 0 Å². The van der Waals surface area contributed by atoms with Gasteiger partial charge in [-0.2, -0.15) is 0 Å². The highest BCUT2D eigenvalue weighted by atomic mass is 79.9. The van der Waals surface area contributed by atoms with Crippen LogP contribution in [-0.4, -0.2) is 54.1 Å². The predicted octanol–water partition coefficient (Wildman–Crippen LogP) is 0.248. The first-order chi connectivity index (χ1) is 10.6. The van der Waals surface area contributed by atoms with Crippen molar-refractivity contribution in [3.8, 4) is 0 Å². The number of carbonyl (C=O) groups excluding carboxylic acids is 2. The molecule has 1 unspecified atom stereocenters. The molecule has 120 valence electrons. The van der Waals surface area contributed by atoms with Crippen LogP contribution in [0.3, 0.4) is 0 Å². The fourth-order valence-corrected chi connectivity index (χ4v) is 2.86. The lowest BCUT2D eigenvalue weighted by Gasteiger charge is -2.33. The van der Waals surface area contributed by atoms with Gasteiger partial charge in [-0.25, -0.2) is 0 Å². The van der Waals surface area contributed by atoms with Crippen LogP contribution in [0.15, 0.2) is 28.7 Å². The van der Waals surface area contributed by atoms with Gasteiger partial charge in [0.2, 0.25) is 11.8 Å². The molecular formula is C15H20BrN3O3. The Morgan fingerprint density at radius 1 is 1.50 bits per heavy atom. The van der Waals surface area contributed by atoms with Crippen LogP contribution in [0.5, 0.6) is 0 Å². The maximum Gasteiger partial charge on any atom is 0.240 e. The number of benzene rings is 1. The molecule has 3 N–H and O–H groups in total. The van der Waals surface area contributed by atoms with Gasteiger partial charge in [-0.3, -0.25) is 9.59 Å². The van der Waals surface area contributed by atoms with Crippen molar-refractivity contribution >= 4 is 27.7 Å². The van der Waals surface area contributed by atoms with Crippen LogP contribution < -0.4 is 10.6 Å². The summed E-state index contributed by atoms with van der Waals surface area (Å²) in [6, 6.07) is 7.34. The molecule has 0 bridgehead atoms. The normalized spacial score (nSPS) is 18.4. The maximum absolute atomic E-state index is 12.4. The summed E-state index contributed by atoms with van der Waals surface area (Å²) in [5, 5.41) is 14.3. The number of halogens is 1. The molecule has 2 rings (SSSR count). The number of aliphatic hydroxyl groups excluding tert-OH is 1. The summed E-state index contributed by atoms with van der Waals surface area (Å²) in [6.07, 6.45) is 0.0911. The molecular weight excluding hydrogens is 350 g/mol. The smallest absolute Gasteiger partial charge is 0.240 e. The molecule has 7 heteroatoms. The van der Waals surface area contributed by atoms with Crippen molar-refractivity contribution in [3.63, 3.8) is 0 Å². The van der Waals surface area contributed by atoms with Crippen molar-refractivity contribution in [2.45, 2.75) is 19.0 Å². The molecule has 1 aliphatic heterocycles. The average molecular weight is 370 g/mol. The van der Waals surface area contributed by atoms with Gasteiger partial charge in [-0.1, -0.05) is 28.1 Å². The summed E-state index contributed by atoms with van der Waals surface area (Å²) in [4.78, 5) is 25.9. The fourth-order valence-electron chi connectivity index (χ4n) is 2.42. The van der Waals surface area contributed by atoms with E-state index in [2.05, 4.69) is 26.6 Å². The molecule has 1 atom stereocenters. The maximum atomic E-state index is 12.4. The summed E-state index contributed by atoms with van der Waals surface area (Å²) >= 11 is 3.42. The Balaban J connectivity index is 1.93. The van der Waals surface area contributed by atoms with Crippen molar-refractivity contribution in [1.82, 2.24) is 15.5 Å². The molecule has 2 amide bonds. The monoisotopic (exact) mass is 369 g/mol. The molecule has 22 heavy (non-hydrogen) atoms. The number of nitrogens with zero attached hydrogens (tertiary/aromatic N) is 1. The second-order valence-corrected chi connectivity index (χ2v) is 6.09. The Hall–Kier alpha value is -1.44. The first-order valence-electron chi connectivity index (χ1n) is 7.24. The molecule has 0 saturated carbocycles. The summed E-state index contributed by atoms with van der Waals surface area (Å²) in [7, 11) is 0. The number of hydrogen-bond acceptors (Lipinski definition) is 4. The molecule has 1 aromatic carbocycles. The van der Waals surface area contributed by atoms with E-state index in [1.807, 2.05) is 24.3 Å². The van der Waals surface area contributed by atoms with E-state index in [0.29, 0.717) is 19.6 Å². The second-order valence-electron chi connectivity index (χ2n) is 5.17. The van der Waals surface area contributed by atoms with E-state index in [9.17, 15) is 9.59 Å². The van der Waals surface area contributed by atoms with Gasteiger partial charge in [0, 0.05) is 30.7 Å². The fraction of sp³-hybridized carbons (Fsp3) is 0.467. The lowest BCUT2D eigenvalue weighted by molar-refractivity contribution is -0.138. The van der Waals surface area contributed by atoms with Gasteiger partial charge in [0.1, 0.15) is 0 Å². The molecule has 1 aromatic rings. The number of rotatable bonds is 6. The molecule has 1 fully saturated rings. The minimum absolute atomic E-state index is 0.0645. The minimum atomic E-state index is -0.500. The van der Waals surface area contributed by atoms with E-state index < -0.39 is 6.04 Å². The molecule has 1 heterocycles. The molecule has 0 spiro atoms. The Kier molecular flexibility index (Phi) is 6.35. The van der Waals surface area contributed by atoms with Crippen molar-refractivity contribution < 1.29 is 14.7 Å². The number of hydrogen-bond donors (Lipinski definition) is 3. The van der Waals surface area contributed by atoms with Gasteiger partial charge in [0.15, 0.2) is 0 Å². The Labute approximate surface area is 138 Å². The lowest BCUT2D eigenvalue weighted by atomic mass is 10.1. The van der Waals surface area contributed by atoms with E-state index >= 15 is 0 Å². The molecule has 6 nitrogen and oxygen atoms in total. The molecule has 0 radical (unpaired) electrons. The number of piperazine rings is 1. The zero-order valence-corrected chi connectivity index (χ0v) is 13.8. The van der Waals surface area contributed by atoms with Crippen LogP contribution in [0.2, 0.25) is 0 Å². The quantitative estimate of drug-likeness (QED) is 0.671. The number of carbonyl (C=O) groups is 2. The van der Waals surface area contributed by atoms with Crippen LogP contribution >= 0.6 is 15.9 Å². The van der Waals surface area contributed by atoms with Crippen LogP contribution in [0.25, 0.3) is 0 Å². The van der Waals surface area contributed by atoms with Crippen LogP contribution in [0.4, 0.5) is 0 Å². The van der Waals surface area contributed by atoms with Gasteiger partial charge in [0.05, 0.1) is 19.1 Å². The van der Waals surface area contributed by atoms with Crippen LogP contribution in [0.1, 0.15) is 12.0 Å². The summed E-state index contributed by atoms with van der Waals surface area (Å²) in [5.41, 5.74) is 1.05. The molecule has 0 aromatic heterocycles. The van der Waals surface area contributed by atoms with Crippen molar-refractivity contribution in [1.29, 1.82) is 0 Å². The second kappa shape index (κ2) is 8.26. The van der Waals surface area contributed by atoms with E-state index in [-0.39, 0.29) is 31.4 Å². The first kappa shape index (κ1) is 16.9. The third-order valence-electron chi connectivity index (χ3n) is 3.47. The molecule has 1 saturated heterocycles. The Bertz CT molecular complexity index is 539. The van der Waals surface area contributed by atoms with E-state index in [1.165, 1.54) is 0 Å². The highest BCUT2D eigenvalue weighted by Crippen LogP contribution is 2.15. The largest absolute Gasteiger partial charge is 0.395 e. The minimum Gasteiger partial charge on any atom is -0.395 e. The number of amides is 2. The van der Waals surface area contributed by atoms with Gasteiger partial charge >= 0.3 is 0 Å². The van der Waals surface area contributed by atoms with Gasteiger partial charge in [-0.05, 0) is 17.7 Å². The van der Waals surface area contributed by atoms with Crippen LogP contribution in [-0.2, 0) is 16.1 Å². The summed E-state index contributed by atoms with van der Waals surface area (Å²) in [6.45, 7) is 1.93. The van der Waals surface area contributed by atoms with Gasteiger partial charge in [-0.15, -0.1) is 0 Å². The summed E-state index contributed by atoms with van der Waals surface area (Å²) in [5.74, 6) is -0.297. The molecule has 0 aliphatic carbocycles. The Morgan fingerprint density at radius 3 is 3.05 bits per heavy atom. The van der Waals surface area contributed by atoms with E-state index in [1.54, 1.807) is 4.90 Å². The van der Waals surface area contributed by atoms with E-state index in [0.717, 1.165) is 10.0 Å². The predicted molar refractivity (Wildman–Crippen MR) is 86.1 cm³/mol. The van der Waals surface area contributed by atoms with Crippen molar-refractivity contribution in [3.05, 3.63) is 34.3 Å². The zero-order valence-electron chi connectivity index (χ0n) is 12.2. The lowest BCUT2D eigenvalue weighted by Crippen LogP contribution is -2.55. The van der Waals surface area contributed by atoms with Crippen LogP contribution in [0, 0.1) is 0 Å². The van der Waals surface area contributed by atoms with Crippen molar-refractivity contribution in [2.75, 3.05) is 26.2 Å². The standard InChI is InChI=1S/C15H20BrN3O3/c16-12-3-1-2-11(8-12)10-19-6-4-17-13(15(19)22)9-14(21)18-5-7-20/h1-3,8,13,17,20H,4-7,9-10H2,(H,18,21). The third-order valence-corrected chi connectivity index (χ3v) is 3.96. The SMILES string of the molecule is O=C(CC1NCCN(Cc2cccc(Br)c2)C1=O)NCCO. The average Bonchev–Trinajstić information content (AvgIpc) is 2.49.